The smallest absolute Gasteiger partial charge is 0.0722 e. The molecule has 2 rings (SSSR count). The maximum absolute atomic E-state index is 6.16. The quantitative estimate of drug-likeness (QED) is 0.755. The number of rotatable bonds is 3. The average Bonchev–Trinajstić information content (AvgIpc) is 2.27. The summed E-state index contributed by atoms with van der Waals surface area (Å²) in [6.45, 7) is 2.77. The Labute approximate surface area is 125 Å². The van der Waals surface area contributed by atoms with Gasteiger partial charge in [0.15, 0.2) is 0 Å². The van der Waals surface area contributed by atoms with Crippen molar-refractivity contribution in [2.24, 2.45) is 0 Å². The molecule has 0 atom stereocenters. The SMILES string of the molecule is Cc1cccc(CNc2c(Cl)cc(Br)cc2Cl)c1. The predicted molar refractivity (Wildman–Crippen MR) is 82.7 cm³/mol. The van der Waals surface area contributed by atoms with Gasteiger partial charge in [-0.15, -0.1) is 0 Å². The molecule has 0 aromatic heterocycles. The maximum atomic E-state index is 6.16. The minimum atomic E-state index is 0.613. The highest BCUT2D eigenvalue weighted by Gasteiger charge is 2.07. The molecule has 0 heterocycles. The lowest BCUT2D eigenvalue weighted by molar-refractivity contribution is 1.14. The molecule has 0 amide bonds. The van der Waals surface area contributed by atoms with Crippen LogP contribution in [0.3, 0.4) is 0 Å². The number of nitrogens with one attached hydrogen (secondary N) is 1. The number of aryl methyl sites for hydroxylation is 1. The molecule has 94 valence electrons. The van der Waals surface area contributed by atoms with E-state index in [4.69, 9.17) is 23.2 Å². The highest BCUT2D eigenvalue weighted by molar-refractivity contribution is 9.10. The predicted octanol–water partition coefficient (Wildman–Crippen LogP) is 5.68. The first-order valence-electron chi connectivity index (χ1n) is 5.50. The van der Waals surface area contributed by atoms with Crippen LogP contribution in [0, 0.1) is 6.92 Å². The van der Waals surface area contributed by atoms with Gasteiger partial charge in [0.2, 0.25) is 0 Å². The molecule has 1 nitrogen and oxygen atoms in total. The summed E-state index contributed by atoms with van der Waals surface area (Å²) in [6.07, 6.45) is 0. The van der Waals surface area contributed by atoms with Gasteiger partial charge >= 0.3 is 0 Å². The van der Waals surface area contributed by atoms with Crippen molar-refractivity contribution in [3.05, 3.63) is 62.0 Å². The van der Waals surface area contributed by atoms with Crippen molar-refractivity contribution < 1.29 is 0 Å². The molecule has 0 aliphatic carbocycles. The third-order valence-electron chi connectivity index (χ3n) is 2.56. The van der Waals surface area contributed by atoms with Crippen LogP contribution in [0.25, 0.3) is 0 Å². The third-order valence-corrected chi connectivity index (χ3v) is 3.61. The summed E-state index contributed by atoms with van der Waals surface area (Å²) in [6, 6.07) is 12.0. The Hall–Kier alpha value is -0.700. The first kappa shape index (κ1) is 13.7. The number of benzene rings is 2. The van der Waals surface area contributed by atoms with E-state index >= 15 is 0 Å². The highest BCUT2D eigenvalue weighted by atomic mass is 79.9. The van der Waals surface area contributed by atoms with Crippen LogP contribution < -0.4 is 5.32 Å². The molecule has 0 saturated heterocycles. The molecule has 2 aromatic carbocycles. The third kappa shape index (κ3) is 3.41. The first-order chi connectivity index (χ1) is 8.56. The van der Waals surface area contributed by atoms with Crippen LogP contribution in [0.4, 0.5) is 5.69 Å². The van der Waals surface area contributed by atoms with Gasteiger partial charge in [-0.3, -0.25) is 0 Å². The van der Waals surface area contributed by atoms with Crippen molar-refractivity contribution in [3.63, 3.8) is 0 Å². The second-order valence-electron chi connectivity index (χ2n) is 4.09. The molecule has 0 bridgehead atoms. The lowest BCUT2D eigenvalue weighted by Crippen LogP contribution is -2.00. The molecule has 18 heavy (non-hydrogen) atoms. The van der Waals surface area contributed by atoms with E-state index in [9.17, 15) is 0 Å². The van der Waals surface area contributed by atoms with Crippen LogP contribution in [0.5, 0.6) is 0 Å². The molecule has 0 radical (unpaired) electrons. The number of anilines is 1. The molecule has 0 aliphatic rings. The minimum Gasteiger partial charge on any atom is -0.379 e. The molecule has 0 aliphatic heterocycles. The van der Waals surface area contributed by atoms with Gasteiger partial charge in [0.25, 0.3) is 0 Å². The van der Waals surface area contributed by atoms with E-state index in [1.165, 1.54) is 11.1 Å². The lowest BCUT2D eigenvalue weighted by atomic mass is 10.1. The van der Waals surface area contributed by atoms with Gasteiger partial charge in [0.1, 0.15) is 0 Å². The van der Waals surface area contributed by atoms with Crippen molar-refractivity contribution in [1.29, 1.82) is 0 Å². The Morgan fingerprint density at radius 3 is 2.39 bits per heavy atom. The zero-order chi connectivity index (χ0) is 13.1. The van der Waals surface area contributed by atoms with Crippen LogP contribution in [0.1, 0.15) is 11.1 Å². The Balaban J connectivity index is 2.16. The summed E-state index contributed by atoms with van der Waals surface area (Å²) in [5, 5.41) is 4.49. The van der Waals surface area contributed by atoms with E-state index in [2.05, 4.69) is 46.4 Å². The van der Waals surface area contributed by atoms with E-state index in [0.717, 1.165) is 10.2 Å². The second-order valence-corrected chi connectivity index (χ2v) is 5.82. The Morgan fingerprint density at radius 2 is 1.78 bits per heavy atom. The standard InChI is InChI=1S/C14H12BrCl2N/c1-9-3-2-4-10(5-9)8-18-14-12(16)6-11(15)7-13(14)17/h2-7,18H,8H2,1H3. The fourth-order valence-corrected chi connectivity index (χ4v) is 3.07. The summed E-state index contributed by atoms with van der Waals surface area (Å²) in [4.78, 5) is 0. The summed E-state index contributed by atoms with van der Waals surface area (Å²) < 4.78 is 0.874. The van der Waals surface area contributed by atoms with Crippen LogP contribution in [0.2, 0.25) is 10.0 Å². The van der Waals surface area contributed by atoms with E-state index in [1.54, 1.807) is 0 Å². The molecular formula is C14H12BrCl2N. The number of halogens is 3. The summed E-state index contributed by atoms with van der Waals surface area (Å²) >= 11 is 15.7. The molecule has 0 spiro atoms. The zero-order valence-electron chi connectivity index (χ0n) is 9.81. The van der Waals surface area contributed by atoms with Crippen LogP contribution in [0.15, 0.2) is 40.9 Å². The topological polar surface area (TPSA) is 12.0 Å². The van der Waals surface area contributed by atoms with Crippen molar-refractivity contribution in [3.8, 4) is 0 Å². The maximum Gasteiger partial charge on any atom is 0.0722 e. The Kier molecular flexibility index (Phi) is 4.55. The van der Waals surface area contributed by atoms with Gasteiger partial charge in [0.05, 0.1) is 15.7 Å². The van der Waals surface area contributed by atoms with E-state index in [0.29, 0.717) is 16.6 Å². The van der Waals surface area contributed by atoms with Gasteiger partial charge in [-0.2, -0.15) is 0 Å². The molecule has 0 unspecified atom stereocenters. The largest absolute Gasteiger partial charge is 0.379 e. The monoisotopic (exact) mass is 343 g/mol. The van der Waals surface area contributed by atoms with Crippen LogP contribution in [-0.4, -0.2) is 0 Å². The summed E-state index contributed by atoms with van der Waals surface area (Å²) in [7, 11) is 0. The zero-order valence-corrected chi connectivity index (χ0v) is 12.9. The van der Waals surface area contributed by atoms with Gasteiger partial charge in [-0.1, -0.05) is 69.0 Å². The van der Waals surface area contributed by atoms with Crippen molar-refractivity contribution in [2.75, 3.05) is 5.32 Å². The molecular weight excluding hydrogens is 333 g/mol. The van der Waals surface area contributed by atoms with Crippen molar-refractivity contribution >= 4 is 44.8 Å². The molecule has 0 fully saturated rings. The van der Waals surface area contributed by atoms with Crippen LogP contribution >= 0.6 is 39.1 Å². The fourth-order valence-electron chi connectivity index (χ4n) is 1.72. The average molecular weight is 345 g/mol. The van der Waals surface area contributed by atoms with E-state index in [-0.39, 0.29) is 0 Å². The van der Waals surface area contributed by atoms with Gasteiger partial charge in [-0.05, 0) is 24.6 Å². The van der Waals surface area contributed by atoms with Crippen molar-refractivity contribution in [1.82, 2.24) is 0 Å². The number of hydrogen-bond acceptors (Lipinski definition) is 1. The van der Waals surface area contributed by atoms with Crippen molar-refractivity contribution in [2.45, 2.75) is 13.5 Å². The molecule has 1 N–H and O–H groups in total. The first-order valence-corrected chi connectivity index (χ1v) is 7.05. The van der Waals surface area contributed by atoms with Gasteiger partial charge < -0.3 is 5.32 Å². The molecule has 2 aromatic rings. The Morgan fingerprint density at radius 1 is 1.11 bits per heavy atom. The lowest BCUT2D eigenvalue weighted by Gasteiger charge is -2.11. The van der Waals surface area contributed by atoms with Gasteiger partial charge in [0, 0.05) is 11.0 Å². The fraction of sp³-hybridized carbons (Fsp3) is 0.143. The van der Waals surface area contributed by atoms with E-state index < -0.39 is 0 Å². The minimum absolute atomic E-state index is 0.613. The Bertz CT molecular complexity index is 546. The second kappa shape index (κ2) is 5.96. The van der Waals surface area contributed by atoms with Crippen LogP contribution in [-0.2, 0) is 6.54 Å². The highest BCUT2D eigenvalue weighted by Crippen LogP contribution is 2.34. The summed E-state index contributed by atoms with van der Waals surface area (Å²) in [5.74, 6) is 0. The molecule has 4 heteroatoms. The van der Waals surface area contributed by atoms with E-state index in [1.807, 2.05) is 18.2 Å². The summed E-state index contributed by atoms with van der Waals surface area (Å²) in [5.41, 5.74) is 3.20. The molecule has 0 saturated carbocycles. The number of hydrogen-bond donors (Lipinski definition) is 1. The normalized spacial score (nSPS) is 10.4. The van der Waals surface area contributed by atoms with Gasteiger partial charge in [-0.25, -0.2) is 0 Å².